The molecule has 5 heteroatoms. The predicted molar refractivity (Wildman–Crippen MR) is 69.9 cm³/mol. The summed E-state index contributed by atoms with van der Waals surface area (Å²) >= 11 is 0. The van der Waals surface area contributed by atoms with Gasteiger partial charge >= 0.3 is 0 Å². The van der Waals surface area contributed by atoms with Crippen molar-refractivity contribution in [2.75, 3.05) is 32.7 Å². The molecule has 2 heterocycles. The Morgan fingerprint density at radius 3 is 2.67 bits per heavy atom. The van der Waals surface area contributed by atoms with Crippen LogP contribution in [0.1, 0.15) is 18.5 Å². The lowest BCUT2D eigenvalue weighted by atomic mass is 10.1. The summed E-state index contributed by atoms with van der Waals surface area (Å²) in [4.78, 5) is 19.6. The van der Waals surface area contributed by atoms with E-state index in [0.29, 0.717) is 6.54 Å². The summed E-state index contributed by atoms with van der Waals surface area (Å²) < 4.78 is 0. The summed E-state index contributed by atoms with van der Waals surface area (Å²) in [5.41, 5.74) is 7.03. The fourth-order valence-electron chi connectivity index (χ4n) is 2.42. The van der Waals surface area contributed by atoms with Gasteiger partial charge in [0.1, 0.15) is 0 Å². The molecular formula is C13H20N4O. The second-order valence-corrected chi connectivity index (χ2v) is 4.58. The first kappa shape index (κ1) is 13.0. The Morgan fingerprint density at radius 1 is 1.44 bits per heavy atom. The van der Waals surface area contributed by atoms with Crippen molar-refractivity contribution in [1.29, 1.82) is 0 Å². The minimum atomic E-state index is 0.153. The van der Waals surface area contributed by atoms with Crippen molar-refractivity contribution in [2.24, 2.45) is 5.73 Å². The fraction of sp³-hybridized carbons (Fsp3) is 0.538. The van der Waals surface area contributed by atoms with E-state index in [0.717, 1.165) is 31.7 Å². The molecule has 1 aliphatic rings. The van der Waals surface area contributed by atoms with Crippen LogP contribution >= 0.6 is 0 Å². The van der Waals surface area contributed by atoms with E-state index < -0.39 is 0 Å². The number of pyridine rings is 1. The number of aromatic nitrogens is 1. The lowest BCUT2D eigenvalue weighted by Crippen LogP contribution is -2.50. The van der Waals surface area contributed by atoms with Crippen LogP contribution < -0.4 is 5.73 Å². The van der Waals surface area contributed by atoms with Crippen LogP contribution in [0, 0.1) is 0 Å². The van der Waals surface area contributed by atoms with Crippen molar-refractivity contribution in [2.45, 2.75) is 13.0 Å². The summed E-state index contributed by atoms with van der Waals surface area (Å²) in [5, 5.41) is 0. The van der Waals surface area contributed by atoms with E-state index in [1.54, 1.807) is 13.1 Å². The van der Waals surface area contributed by atoms with Crippen molar-refractivity contribution in [3.8, 4) is 0 Å². The first-order chi connectivity index (χ1) is 8.72. The molecule has 1 amide bonds. The zero-order valence-electron chi connectivity index (χ0n) is 10.7. The summed E-state index contributed by atoms with van der Waals surface area (Å²) in [6, 6.07) is 4.19. The number of carbonyl (C=O) groups excluding carboxylic acids is 1. The Morgan fingerprint density at radius 2 is 2.17 bits per heavy atom. The molecule has 18 heavy (non-hydrogen) atoms. The number of piperazine rings is 1. The second-order valence-electron chi connectivity index (χ2n) is 4.58. The van der Waals surface area contributed by atoms with Gasteiger partial charge in [-0.2, -0.15) is 0 Å². The maximum absolute atomic E-state index is 11.3. The Hall–Kier alpha value is -1.46. The predicted octanol–water partition coefficient (Wildman–Crippen LogP) is 0.246. The molecule has 1 atom stereocenters. The molecule has 98 valence electrons. The highest BCUT2D eigenvalue weighted by Gasteiger charge is 2.24. The molecule has 5 nitrogen and oxygen atoms in total. The zero-order valence-corrected chi connectivity index (χ0v) is 10.7. The molecule has 0 aliphatic carbocycles. The third-order valence-corrected chi connectivity index (χ3v) is 3.49. The number of rotatable bonds is 3. The van der Waals surface area contributed by atoms with E-state index in [9.17, 15) is 4.79 Å². The van der Waals surface area contributed by atoms with Gasteiger partial charge in [-0.15, -0.1) is 0 Å². The van der Waals surface area contributed by atoms with Gasteiger partial charge in [0.25, 0.3) is 0 Å². The highest BCUT2D eigenvalue weighted by molar-refractivity contribution is 5.73. The maximum atomic E-state index is 11.3. The molecule has 2 N–H and O–H groups in total. The first-order valence-electron chi connectivity index (χ1n) is 6.32. The monoisotopic (exact) mass is 248 g/mol. The van der Waals surface area contributed by atoms with Crippen molar-refractivity contribution in [3.05, 3.63) is 30.1 Å². The molecule has 0 spiro atoms. The van der Waals surface area contributed by atoms with E-state index in [1.165, 1.54) is 0 Å². The van der Waals surface area contributed by atoms with Gasteiger partial charge in [0, 0.05) is 58.1 Å². The van der Waals surface area contributed by atoms with Crippen LogP contribution in [0.2, 0.25) is 0 Å². The molecule has 0 aromatic carbocycles. The molecule has 0 saturated carbocycles. The molecular weight excluding hydrogens is 228 g/mol. The van der Waals surface area contributed by atoms with Crippen LogP contribution in [-0.2, 0) is 4.79 Å². The molecule has 1 unspecified atom stereocenters. The van der Waals surface area contributed by atoms with E-state index in [2.05, 4.69) is 16.0 Å². The van der Waals surface area contributed by atoms with Crippen LogP contribution in [0.5, 0.6) is 0 Å². The Labute approximate surface area is 108 Å². The normalized spacial score (nSPS) is 18.7. The number of hydrogen-bond donors (Lipinski definition) is 1. The molecule has 0 bridgehead atoms. The van der Waals surface area contributed by atoms with Gasteiger partial charge in [-0.1, -0.05) is 6.07 Å². The standard InChI is InChI=1S/C13H20N4O/c1-11(18)16-5-7-17(8-6-16)13(9-14)12-3-2-4-15-10-12/h2-4,10,13H,5-9,14H2,1H3. The van der Waals surface area contributed by atoms with Crippen molar-refractivity contribution < 1.29 is 4.79 Å². The zero-order chi connectivity index (χ0) is 13.0. The van der Waals surface area contributed by atoms with Gasteiger partial charge in [0.05, 0.1) is 0 Å². The van der Waals surface area contributed by atoms with E-state index in [4.69, 9.17) is 5.73 Å². The Balaban J connectivity index is 2.01. The lowest BCUT2D eigenvalue weighted by Gasteiger charge is -2.38. The van der Waals surface area contributed by atoms with Crippen LogP contribution in [0.4, 0.5) is 0 Å². The topological polar surface area (TPSA) is 62.5 Å². The number of nitrogens with zero attached hydrogens (tertiary/aromatic N) is 3. The summed E-state index contributed by atoms with van der Waals surface area (Å²) in [6.45, 7) is 5.51. The number of carbonyl (C=O) groups is 1. The average Bonchev–Trinajstić information content (AvgIpc) is 2.41. The molecule has 1 fully saturated rings. The maximum Gasteiger partial charge on any atom is 0.219 e. The molecule has 1 aromatic rings. The Bertz CT molecular complexity index is 387. The van der Waals surface area contributed by atoms with Gasteiger partial charge < -0.3 is 10.6 Å². The van der Waals surface area contributed by atoms with Gasteiger partial charge in [0.2, 0.25) is 5.91 Å². The average molecular weight is 248 g/mol. The summed E-state index contributed by atoms with van der Waals surface area (Å²) in [5.74, 6) is 0.153. The SMILES string of the molecule is CC(=O)N1CCN(C(CN)c2cccnc2)CC1. The largest absolute Gasteiger partial charge is 0.340 e. The molecule has 2 rings (SSSR count). The van der Waals surface area contributed by atoms with Crippen LogP contribution in [0.25, 0.3) is 0 Å². The Kier molecular flexibility index (Phi) is 4.28. The van der Waals surface area contributed by atoms with Crippen molar-refractivity contribution in [3.63, 3.8) is 0 Å². The lowest BCUT2D eigenvalue weighted by molar-refractivity contribution is -0.130. The van der Waals surface area contributed by atoms with Crippen LogP contribution in [0.3, 0.4) is 0 Å². The third-order valence-electron chi connectivity index (χ3n) is 3.49. The van der Waals surface area contributed by atoms with E-state index in [1.807, 2.05) is 17.2 Å². The van der Waals surface area contributed by atoms with Gasteiger partial charge in [-0.3, -0.25) is 14.7 Å². The van der Waals surface area contributed by atoms with Gasteiger partial charge in [0.15, 0.2) is 0 Å². The highest BCUT2D eigenvalue weighted by Crippen LogP contribution is 2.20. The number of amides is 1. The number of nitrogens with two attached hydrogens (primary N) is 1. The molecule has 1 saturated heterocycles. The number of hydrogen-bond acceptors (Lipinski definition) is 4. The van der Waals surface area contributed by atoms with Gasteiger partial charge in [-0.05, 0) is 11.6 Å². The minimum Gasteiger partial charge on any atom is -0.340 e. The molecule has 1 aromatic heterocycles. The molecule has 1 aliphatic heterocycles. The summed E-state index contributed by atoms with van der Waals surface area (Å²) in [6.07, 6.45) is 3.64. The van der Waals surface area contributed by atoms with Crippen LogP contribution in [-0.4, -0.2) is 53.4 Å². The summed E-state index contributed by atoms with van der Waals surface area (Å²) in [7, 11) is 0. The van der Waals surface area contributed by atoms with E-state index in [-0.39, 0.29) is 11.9 Å². The van der Waals surface area contributed by atoms with E-state index >= 15 is 0 Å². The molecule has 0 radical (unpaired) electrons. The third kappa shape index (κ3) is 2.86. The quantitative estimate of drug-likeness (QED) is 0.832. The van der Waals surface area contributed by atoms with Crippen molar-refractivity contribution in [1.82, 2.24) is 14.8 Å². The minimum absolute atomic E-state index is 0.153. The van der Waals surface area contributed by atoms with Crippen molar-refractivity contribution >= 4 is 5.91 Å². The second kappa shape index (κ2) is 5.93. The smallest absolute Gasteiger partial charge is 0.219 e. The highest BCUT2D eigenvalue weighted by atomic mass is 16.2. The first-order valence-corrected chi connectivity index (χ1v) is 6.32. The van der Waals surface area contributed by atoms with Crippen LogP contribution in [0.15, 0.2) is 24.5 Å². The van der Waals surface area contributed by atoms with Gasteiger partial charge in [-0.25, -0.2) is 0 Å². The fourth-order valence-corrected chi connectivity index (χ4v) is 2.42.